The number of rotatable bonds is 7. The zero-order valence-corrected chi connectivity index (χ0v) is 21.7. The summed E-state index contributed by atoms with van der Waals surface area (Å²) >= 11 is 11.1. The molecule has 0 radical (unpaired) electrons. The molecule has 1 amide bonds. The Morgan fingerprint density at radius 1 is 1.14 bits per heavy atom. The minimum Gasteiger partial charge on any atom is -0.487 e. The van der Waals surface area contributed by atoms with Gasteiger partial charge in [-0.15, -0.1) is 0 Å². The van der Waals surface area contributed by atoms with Gasteiger partial charge in [-0.05, 0) is 84.4 Å². The fourth-order valence-corrected chi connectivity index (χ4v) is 4.85. The van der Waals surface area contributed by atoms with Crippen molar-refractivity contribution in [3.8, 4) is 5.75 Å². The summed E-state index contributed by atoms with van der Waals surface area (Å²) in [6.45, 7) is 2.72. The van der Waals surface area contributed by atoms with Crippen molar-refractivity contribution in [3.63, 3.8) is 0 Å². The molecular weight excluding hydrogens is 552 g/mol. The molecule has 1 saturated heterocycles. The molecule has 0 bridgehead atoms. The van der Waals surface area contributed by atoms with Gasteiger partial charge in [0.15, 0.2) is 5.17 Å². The van der Waals surface area contributed by atoms with Gasteiger partial charge in [0.25, 0.3) is 5.91 Å². The Balaban J connectivity index is 1.50. The summed E-state index contributed by atoms with van der Waals surface area (Å²) in [7, 11) is 0. The number of aliphatic imine (C=N–C) groups is 1. The molecule has 0 saturated carbocycles. The number of carboxylic acid groups (broad SMARTS) is 1. The Morgan fingerprint density at radius 2 is 1.86 bits per heavy atom. The number of ether oxygens (including phenoxy) is 1. The van der Waals surface area contributed by atoms with Crippen LogP contribution in [0.25, 0.3) is 6.08 Å². The normalized spacial score (nSPS) is 15.7. The van der Waals surface area contributed by atoms with Crippen LogP contribution in [-0.4, -0.2) is 33.6 Å². The van der Waals surface area contributed by atoms with Gasteiger partial charge in [0.05, 0.1) is 21.2 Å². The predicted molar refractivity (Wildman–Crippen MR) is 143 cm³/mol. The van der Waals surface area contributed by atoms with Crippen LogP contribution < -0.4 is 4.74 Å². The summed E-state index contributed by atoms with van der Waals surface area (Å²) in [5.41, 5.74) is 2.54. The summed E-state index contributed by atoms with van der Waals surface area (Å²) in [4.78, 5) is 30.6. The highest BCUT2D eigenvalue weighted by Crippen LogP contribution is 2.35. The van der Waals surface area contributed by atoms with Gasteiger partial charge in [0.2, 0.25) is 0 Å². The van der Waals surface area contributed by atoms with Crippen LogP contribution in [0, 0.1) is 0 Å². The number of carboxylic acids is 1. The van der Waals surface area contributed by atoms with E-state index in [1.807, 2.05) is 37.3 Å². The van der Waals surface area contributed by atoms with Crippen molar-refractivity contribution in [2.75, 3.05) is 6.54 Å². The molecule has 3 aromatic carbocycles. The summed E-state index contributed by atoms with van der Waals surface area (Å²) in [5, 5.41) is 10.0. The molecule has 1 fully saturated rings. The fourth-order valence-electron chi connectivity index (χ4n) is 3.28. The quantitative estimate of drug-likeness (QED) is 0.309. The maximum atomic E-state index is 12.9. The molecule has 3 aromatic rings. The summed E-state index contributed by atoms with van der Waals surface area (Å²) in [6.07, 6.45) is 1.77. The van der Waals surface area contributed by atoms with Crippen molar-refractivity contribution in [2.24, 2.45) is 4.99 Å². The molecule has 4 rings (SSSR count). The van der Waals surface area contributed by atoms with Gasteiger partial charge < -0.3 is 9.84 Å². The standard InChI is InChI=1S/C26H20BrClN2O4S/c1-2-30-24(31)23(35-26(30)29-20-10-6-18(7-11-20)25(32)33)14-17-5-12-22(21(28)13-17)34-15-16-3-8-19(27)9-4-16/h3-14H,2,15H2,1H3,(H,32,33)/b23-14-,29-26?. The zero-order valence-electron chi connectivity index (χ0n) is 18.6. The highest BCUT2D eigenvalue weighted by molar-refractivity contribution is 9.10. The molecule has 1 heterocycles. The van der Waals surface area contributed by atoms with E-state index < -0.39 is 5.97 Å². The molecule has 0 aliphatic carbocycles. The van der Waals surface area contributed by atoms with Crippen LogP contribution in [0.4, 0.5) is 5.69 Å². The first-order valence-electron chi connectivity index (χ1n) is 10.6. The third-order valence-electron chi connectivity index (χ3n) is 5.10. The van der Waals surface area contributed by atoms with Crippen molar-refractivity contribution in [2.45, 2.75) is 13.5 Å². The predicted octanol–water partition coefficient (Wildman–Crippen LogP) is 7.00. The average Bonchev–Trinajstić information content (AvgIpc) is 3.13. The van der Waals surface area contributed by atoms with E-state index in [1.54, 1.807) is 35.2 Å². The van der Waals surface area contributed by atoms with Crippen molar-refractivity contribution in [3.05, 3.63) is 97.8 Å². The van der Waals surface area contributed by atoms with Crippen LogP contribution in [-0.2, 0) is 11.4 Å². The molecule has 6 nitrogen and oxygen atoms in total. The number of carbonyl (C=O) groups excluding carboxylic acids is 1. The number of hydrogen-bond acceptors (Lipinski definition) is 5. The highest BCUT2D eigenvalue weighted by atomic mass is 79.9. The second kappa shape index (κ2) is 11.1. The van der Waals surface area contributed by atoms with Crippen molar-refractivity contribution in [1.29, 1.82) is 0 Å². The lowest BCUT2D eigenvalue weighted by atomic mass is 10.2. The van der Waals surface area contributed by atoms with E-state index in [0.717, 1.165) is 15.6 Å². The van der Waals surface area contributed by atoms with E-state index in [-0.39, 0.29) is 11.5 Å². The maximum Gasteiger partial charge on any atom is 0.335 e. The van der Waals surface area contributed by atoms with Crippen molar-refractivity contribution in [1.82, 2.24) is 4.90 Å². The number of thioether (sulfide) groups is 1. The smallest absolute Gasteiger partial charge is 0.335 e. The SMILES string of the molecule is CCN1C(=O)/C(=C/c2ccc(OCc3ccc(Br)cc3)c(Cl)c2)SC1=Nc1ccc(C(=O)O)cc1. The van der Waals surface area contributed by atoms with Gasteiger partial charge in [0, 0.05) is 11.0 Å². The van der Waals surface area contributed by atoms with Crippen molar-refractivity contribution < 1.29 is 19.4 Å². The number of likely N-dealkylation sites (N-methyl/N-ethyl adjacent to an activating group) is 1. The lowest BCUT2D eigenvalue weighted by Gasteiger charge is -2.12. The maximum absolute atomic E-state index is 12.9. The van der Waals surface area contributed by atoms with E-state index in [2.05, 4.69) is 20.9 Å². The minimum atomic E-state index is -1.00. The Bertz CT molecular complexity index is 1320. The zero-order chi connectivity index (χ0) is 24.9. The van der Waals surface area contributed by atoms with Gasteiger partial charge in [-0.25, -0.2) is 9.79 Å². The van der Waals surface area contributed by atoms with E-state index in [4.69, 9.17) is 21.4 Å². The molecule has 0 atom stereocenters. The Hall–Kier alpha value is -3.07. The van der Waals surface area contributed by atoms with Gasteiger partial charge in [-0.2, -0.15) is 0 Å². The third-order valence-corrected chi connectivity index (χ3v) is 6.94. The highest BCUT2D eigenvalue weighted by Gasteiger charge is 2.32. The fraction of sp³-hybridized carbons (Fsp3) is 0.115. The Labute approximate surface area is 220 Å². The van der Waals surface area contributed by atoms with Crippen LogP contribution in [0.3, 0.4) is 0 Å². The number of nitrogens with zero attached hydrogens (tertiary/aromatic N) is 2. The lowest BCUT2D eigenvalue weighted by molar-refractivity contribution is -0.122. The molecule has 0 spiro atoms. The van der Waals surface area contributed by atoms with Crippen LogP contribution >= 0.6 is 39.3 Å². The number of carbonyl (C=O) groups is 2. The van der Waals surface area contributed by atoms with Gasteiger partial charge >= 0.3 is 5.97 Å². The van der Waals surface area contributed by atoms with Crippen molar-refractivity contribution >= 4 is 68.1 Å². The van der Waals surface area contributed by atoms with E-state index in [9.17, 15) is 9.59 Å². The second-order valence-electron chi connectivity index (χ2n) is 7.51. The van der Waals surface area contributed by atoms with Gasteiger partial charge in [0.1, 0.15) is 12.4 Å². The molecule has 35 heavy (non-hydrogen) atoms. The first-order chi connectivity index (χ1) is 16.8. The molecule has 9 heteroatoms. The van der Waals surface area contributed by atoms with Gasteiger partial charge in [-0.1, -0.05) is 45.7 Å². The van der Waals surface area contributed by atoms with Crippen LogP contribution in [0.5, 0.6) is 5.75 Å². The molecular formula is C26H20BrClN2O4S. The molecule has 1 N–H and O–H groups in total. The van der Waals surface area contributed by atoms with Gasteiger partial charge in [-0.3, -0.25) is 9.69 Å². The summed E-state index contributed by atoms with van der Waals surface area (Å²) in [6, 6.07) is 19.4. The number of amidine groups is 1. The topological polar surface area (TPSA) is 79.2 Å². The minimum absolute atomic E-state index is 0.148. The number of benzene rings is 3. The molecule has 178 valence electrons. The summed E-state index contributed by atoms with van der Waals surface area (Å²) in [5.74, 6) is -0.590. The van der Waals surface area contributed by atoms with Crippen LogP contribution in [0.1, 0.15) is 28.4 Å². The van der Waals surface area contributed by atoms with Crippen LogP contribution in [0.2, 0.25) is 5.02 Å². The number of halogens is 2. The third kappa shape index (κ3) is 6.14. The van der Waals surface area contributed by atoms with E-state index >= 15 is 0 Å². The average molecular weight is 572 g/mol. The number of aromatic carboxylic acids is 1. The number of hydrogen-bond donors (Lipinski definition) is 1. The Morgan fingerprint density at radius 3 is 2.49 bits per heavy atom. The van der Waals surface area contributed by atoms with Crippen LogP contribution in [0.15, 0.2) is 81.1 Å². The molecule has 1 aliphatic heterocycles. The second-order valence-corrected chi connectivity index (χ2v) is 9.84. The number of amides is 1. The first-order valence-corrected chi connectivity index (χ1v) is 12.6. The Kier molecular flexibility index (Phi) is 7.95. The largest absolute Gasteiger partial charge is 0.487 e. The first kappa shape index (κ1) is 25.0. The monoisotopic (exact) mass is 570 g/mol. The van der Waals surface area contributed by atoms with E-state index in [1.165, 1.54) is 23.9 Å². The molecule has 0 aromatic heterocycles. The van der Waals surface area contributed by atoms with E-state index in [0.29, 0.717) is 39.7 Å². The molecule has 1 aliphatic rings. The lowest BCUT2D eigenvalue weighted by Crippen LogP contribution is -2.28. The molecule has 0 unspecified atom stereocenters. The summed E-state index contributed by atoms with van der Waals surface area (Å²) < 4.78 is 6.85.